The second-order valence-corrected chi connectivity index (χ2v) is 7.00. The van der Waals surface area contributed by atoms with Crippen molar-refractivity contribution in [3.05, 3.63) is 69.8 Å². The number of nitro groups is 1. The van der Waals surface area contributed by atoms with E-state index in [1.807, 2.05) is 18.2 Å². The molecule has 0 aromatic heterocycles. The predicted molar refractivity (Wildman–Crippen MR) is 106 cm³/mol. The lowest BCUT2D eigenvalue weighted by atomic mass is 10.1. The fourth-order valence-corrected chi connectivity index (χ4v) is 3.56. The van der Waals surface area contributed by atoms with E-state index in [4.69, 9.17) is 4.74 Å². The van der Waals surface area contributed by atoms with Crippen LogP contribution in [0, 0.1) is 10.1 Å². The zero-order valence-electron chi connectivity index (χ0n) is 16.0. The molecule has 27 heavy (non-hydrogen) atoms. The lowest BCUT2D eigenvalue weighted by Crippen LogP contribution is -2.47. The van der Waals surface area contributed by atoms with E-state index >= 15 is 0 Å². The molecule has 1 fully saturated rings. The molecule has 2 aromatic rings. The van der Waals surface area contributed by atoms with Crippen molar-refractivity contribution in [2.45, 2.75) is 19.4 Å². The number of piperazine rings is 1. The highest BCUT2D eigenvalue weighted by molar-refractivity contribution is 5.35. The number of methoxy groups -OCH3 is 1. The summed E-state index contributed by atoms with van der Waals surface area (Å²) >= 11 is 0. The average Bonchev–Trinajstić information content (AvgIpc) is 2.72. The Kier molecular flexibility index (Phi) is 6.42. The van der Waals surface area contributed by atoms with Crippen LogP contribution in [-0.4, -0.2) is 54.6 Å². The summed E-state index contributed by atoms with van der Waals surface area (Å²) in [6, 6.07) is 15.5. The van der Waals surface area contributed by atoms with Crippen LogP contribution in [0.3, 0.4) is 0 Å². The standard InChI is InChI=1S/C21H27N3O3/c1-17(19-4-3-5-20(16-19)24(25)26)23-14-12-22(13-15-23)11-10-18-6-8-21(27-2)9-7-18/h3-9,16-17H,10-15H2,1-2H3. The van der Waals surface area contributed by atoms with Gasteiger partial charge >= 0.3 is 0 Å². The van der Waals surface area contributed by atoms with Gasteiger partial charge < -0.3 is 9.64 Å². The fraction of sp³-hybridized carbons (Fsp3) is 0.429. The predicted octanol–water partition coefficient (Wildman–Crippen LogP) is 3.52. The van der Waals surface area contributed by atoms with Gasteiger partial charge in [-0.15, -0.1) is 0 Å². The van der Waals surface area contributed by atoms with Crippen LogP contribution in [0.5, 0.6) is 5.75 Å². The summed E-state index contributed by atoms with van der Waals surface area (Å²) in [4.78, 5) is 15.6. The number of hydrogen-bond donors (Lipinski definition) is 0. The van der Waals surface area contributed by atoms with Crippen LogP contribution in [0.4, 0.5) is 5.69 Å². The normalized spacial score (nSPS) is 16.8. The van der Waals surface area contributed by atoms with Crippen LogP contribution in [0.15, 0.2) is 48.5 Å². The minimum atomic E-state index is -0.326. The number of hydrogen-bond acceptors (Lipinski definition) is 5. The first-order chi connectivity index (χ1) is 13.1. The van der Waals surface area contributed by atoms with E-state index in [0.29, 0.717) is 0 Å². The Morgan fingerprint density at radius 1 is 1.11 bits per heavy atom. The van der Waals surface area contributed by atoms with E-state index in [2.05, 4.69) is 28.9 Å². The Morgan fingerprint density at radius 3 is 2.44 bits per heavy atom. The van der Waals surface area contributed by atoms with Gasteiger partial charge in [-0.05, 0) is 36.6 Å². The van der Waals surface area contributed by atoms with Crippen molar-refractivity contribution >= 4 is 5.69 Å². The Balaban J connectivity index is 1.49. The molecule has 1 unspecified atom stereocenters. The van der Waals surface area contributed by atoms with Crippen LogP contribution in [0.1, 0.15) is 24.1 Å². The van der Waals surface area contributed by atoms with Gasteiger partial charge in [0.1, 0.15) is 5.75 Å². The molecule has 0 saturated carbocycles. The first-order valence-corrected chi connectivity index (χ1v) is 9.40. The highest BCUT2D eigenvalue weighted by Gasteiger charge is 2.22. The van der Waals surface area contributed by atoms with E-state index in [-0.39, 0.29) is 16.7 Å². The third-order valence-corrected chi connectivity index (χ3v) is 5.39. The number of non-ortho nitro benzene ring substituents is 1. The maximum Gasteiger partial charge on any atom is 0.269 e. The highest BCUT2D eigenvalue weighted by atomic mass is 16.6. The Hall–Kier alpha value is -2.44. The molecule has 0 amide bonds. The molecule has 0 radical (unpaired) electrons. The maximum absolute atomic E-state index is 11.0. The molecule has 1 aliphatic heterocycles. The molecule has 0 aliphatic carbocycles. The Morgan fingerprint density at radius 2 is 1.81 bits per heavy atom. The molecule has 0 spiro atoms. The molecule has 1 atom stereocenters. The van der Waals surface area contributed by atoms with E-state index in [1.165, 1.54) is 5.56 Å². The summed E-state index contributed by atoms with van der Waals surface area (Å²) in [6.45, 7) is 7.18. The van der Waals surface area contributed by atoms with Gasteiger partial charge in [-0.25, -0.2) is 0 Å². The summed E-state index contributed by atoms with van der Waals surface area (Å²) in [5, 5.41) is 11.0. The van der Waals surface area contributed by atoms with Gasteiger partial charge in [0, 0.05) is 50.9 Å². The van der Waals surface area contributed by atoms with E-state index in [9.17, 15) is 10.1 Å². The lowest BCUT2D eigenvalue weighted by molar-refractivity contribution is -0.385. The van der Waals surface area contributed by atoms with E-state index in [1.54, 1.807) is 25.3 Å². The molecule has 1 aliphatic rings. The number of benzene rings is 2. The molecule has 0 N–H and O–H groups in total. The quantitative estimate of drug-likeness (QED) is 0.552. The Bertz CT molecular complexity index is 756. The molecule has 0 bridgehead atoms. The lowest BCUT2D eigenvalue weighted by Gasteiger charge is -2.38. The van der Waals surface area contributed by atoms with Crippen LogP contribution >= 0.6 is 0 Å². The van der Waals surface area contributed by atoms with Crippen molar-refractivity contribution in [2.75, 3.05) is 39.8 Å². The summed E-state index contributed by atoms with van der Waals surface area (Å²) in [6.07, 6.45) is 1.03. The van der Waals surface area contributed by atoms with Crippen LogP contribution in [0.25, 0.3) is 0 Å². The monoisotopic (exact) mass is 369 g/mol. The molecule has 1 heterocycles. The van der Waals surface area contributed by atoms with Crippen molar-refractivity contribution < 1.29 is 9.66 Å². The number of ether oxygens (including phenoxy) is 1. The summed E-state index contributed by atoms with van der Waals surface area (Å²) in [7, 11) is 1.68. The minimum absolute atomic E-state index is 0.164. The first-order valence-electron chi connectivity index (χ1n) is 9.40. The summed E-state index contributed by atoms with van der Waals surface area (Å²) in [5.41, 5.74) is 2.50. The second-order valence-electron chi connectivity index (χ2n) is 7.00. The molecule has 2 aromatic carbocycles. The van der Waals surface area contributed by atoms with Gasteiger partial charge in [0.05, 0.1) is 12.0 Å². The maximum atomic E-state index is 11.0. The molecule has 6 nitrogen and oxygen atoms in total. The fourth-order valence-electron chi connectivity index (χ4n) is 3.56. The third-order valence-electron chi connectivity index (χ3n) is 5.39. The zero-order valence-corrected chi connectivity index (χ0v) is 16.0. The molecule has 3 rings (SSSR count). The van der Waals surface area contributed by atoms with Crippen LogP contribution in [-0.2, 0) is 6.42 Å². The van der Waals surface area contributed by atoms with Crippen LogP contribution in [0.2, 0.25) is 0 Å². The number of rotatable bonds is 7. The van der Waals surface area contributed by atoms with Crippen LogP contribution < -0.4 is 4.74 Å². The number of nitrogens with zero attached hydrogens (tertiary/aromatic N) is 3. The number of nitro benzene ring substituents is 1. The molecular weight excluding hydrogens is 342 g/mol. The van der Waals surface area contributed by atoms with Gasteiger partial charge in [-0.2, -0.15) is 0 Å². The largest absolute Gasteiger partial charge is 0.497 e. The molecule has 6 heteroatoms. The molecule has 1 saturated heterocycles. The van der Waals surface area contributed by atoms with E-state index in [0.717, 1.165) is 50.5 Å². The van der Waals surface area contributed by atoms with Crippen molar-refractivity contribution in [3.63, 3.8) is 0 Å². The smallest absolute Gasteiger partial charge is 0.269 e. The van der Waals surface area contributed by atoms with Crippen molar-refractivity contribution in [1.29, 1.82) is 0 Å². The van der Waals surface area contributed by atoms with Crippen molar-refractivity contribution in [2.24, 2.45) is 0 Å². The van der Waals surface area contributed by atoms with Crippen molar-refractivity contribution in [1.82, 2.24) is 9.80 Å². The zero-order chi connectivity index (χ0) is 19.2. The van der Waals surface area contributed by atoms with Gasteiger partial charge in [-0.1, -0.05) is 24.3 Å². The topological polar surface area (TPSA) is 58.8 Å². The van der Waals surface area contributed by atoms with E-state index < -0.39 is 0 Å². The third kappa shape index (κ3) is 5.05. The summed E-state index contributed by atoms with van der Waals surface area (Å²) < 4.78 is 5.20. The van der Waals surface area contributed by atoms with Gasteiger partial charge in [0.2, 0.25) is 0 Å². The highest BCUT2D eigenvalue weighted by Crippen LogP contribution is 2.25. The van der Waals surface area contributed by atoms with Crippen molar-refractivity contribution in [3.8, 4) is 5.75 Å². The molecule has 144 valence electrons. The average molecular weight is 369 g/mol. The summed E-state index contributed by atoms with van der Waals surface area (Å²) in [5.74, 6) is 0.891. The minimum Gasteiger partial charge on any atom is -0.497 e. The first kappa shape index (κ1) is 19.3. The van der Waals surface area contributed by atoms with Gasteiger partial charge in [0.25, 0.3) is 5.69 Å². The van der Waals surface area contributed by atoms with Gasteiger partial charge in [-0.3, -0.25) is 15.0 Å². The Labute approximate surface area is 160 Å². The SMILES string of the molecule is COc1ccc(CCN2CCN(C(C)c3cccc([N+](=O)[O-])c3)CC2)cc1. The van der Waals surface area contributed by atoms with Gasteiger partial charge in [0.15, 0.2) is 0 Å². The molecular formula is C21H27N3O3. The second kappa shape index (κ2) is 8.97.